The Morgan fingerprint density at radius 2 is 1.71 bits per heavy atom. The molecular weight excluding hydrogens is 440 g/mol. The fourth-order valence-corrected chi connectivity index (χ4v) is 3.00. The topological polar surface area (TPSA) is 67.8 Å². The number of hydrogen-bond donors (Lipinski definition) is 1. The van der Waals surface area contributed by atoms with Gasteiger partial charge < -0.3 is 4.84 Å². The average molecular weight is 455 g/mol. The molecule has 2 rings (SSSR count). The molecule has 0 radical (unpaired) electrons. The van der Waals surface area contributed by atoms with Gasteiger partial charge in [-0.3, -0.25) is 4.72 Å². The minimum atomic E-state index is -5.61. The van der Waals surface area contributed by atoms with E-state index in [1.165, 1.54) is 16.9 Å². The molecule has 11 heteroatoms. The molecule has 0 aliphatic carbocycles. The highest BCUT2D eigenvalue weighted by Crippen LogP contribution is 2.29. The van der Waals surface area contributed by atoms with Crippen molar-refractivity contribution in [3.63, 3.8) is 0 Å². The van der Waals surface area contributed by atoms with Crippen LogP contribution in [0.25, 0.3) is 0 Å². The third kappa shape index (κ3) is 5.76. The van der Waals surface area contributed by atoms with Gasteiger partial charge in [0.15, 0.2) is 5.75 Å². The second kappa shape index (κ2) is 9.02. The first kappa shape index (κ1) is 22.3. The zero-order chi connectivity index (χ0) is 20.9. The van der Waals surface area contributed by atoms with Crippen LogP contribution >= 0.6 is 23.2 Å². The van der Waals surface area contributed by atoms with E-state index >= 15 is 0 Å². The molecule has 0 amide bonds. The molecule has 0 fully saturated rings. The summed E-state index contributed by atoms with van der Waals surface area (Å²) in [5.74, 6) is 0.345. The van der Waals surface area contributed by atoms with Gasteiger partial charge in [-0.2, -0.15) is 21.6 Å². The van der Waals surface area contributed by atoms with Gasteiger partial charge in [-0.1, -0.05) is 41.7 Å². The standard InChI is InChI=1S/C17H15Cl2F3N2O3S/c1-2-3-15(23-27-13-7-4-11(18)5-8-13)14-10-12(19)6-9-16(14)24-28(25,26)17(20,21)22/h4-10,24H,2-3H2,1H3/b23-15+. The second-order valence-corrected chi connectivity index (χ2v) is 8.12. The number of nitrogens with zero attached hydrogens (tertiary/aromatic N) is 1. The number of halogens is 5. The SMILES string of the molecule is CCC/C(=N\Oc1ccc(Cl)cc1)c1cc(Cl)ccc1NS(=O)(=O)C(F)(F)F. The van der Waals surface area contributed by atoms with E-state index in [0.29, 0.717) is 23.6 Å². The Labute approximate surface area is 170 Å². The minimum absolute atomic E-state index is 0.0798. The summed E-state index contributed by atoms with van der Waals surface area (Å²) in [6.45, 7) is 1.82. The molecule has 5 nitrogen and oxygen atoms in total. The summed E-state index contributed by atoms with van der Waals surface area (Å²) in [5.41, 5.74) is -5.48. The average Bonchev–Trinajstić information content (AvgIpc) is 2.60. The van der Waals surface area contributed by atoms with Crippen LogP contribution in [0.3, 0.4) is 0 Å². The van der Waals surface area contributed by atoms with E-state index in [1.54, 1.807) is 24.3 Å². The molecular formula is C17H15Cl2F3N2O3S. The van der Waals surface area contributed by atoms with Crippen molar-refractivity contribution in [2.45, 2.75) is 25.3 Å². The highest BCUT2D eigenvalue weighted by atomic mass is 35.5. The van der Waals surface area contributed by atoms with Gasteiger partial charge >= 0.3 is 15.5 Å². The van der Waals surface area contributed by atoms with Crippen molar-refractivity contribution in [1.82, 2.24) is 0 Å². The summed E-state index contributed by atoms with van der Waals surface area (Å²) < 4.78 is 62.7. The third-order valence-corrected chi connectivity index (χ3v) is 4.99. The molecule has 0 unspecified atom stereocenters. The van der Waals surface area contributed by atoms with Gasteiger partial charge in [0.25, 0.3) is 0 Å². The number of anilines is 1. The highest BCUT2D eigenvalue weighted by molar-refractivity contribution is 7.93. The van der Waals surface area contributed by atoms with E-state index < -0.39 is 15.5 Å². The van der Waals surface area contributed by atoms with E-state index in [-0.39, 0.29) is 22.0 Å². The van der Waals surface area contributed by atoms with Gasteiger partial charge in [0.1, 0.15) is 0 Å². The van der Waals surface area contributed by atoms with Crippen LogP contribution in [-0.2, 0) is 10.0 Å². The van der Waals surface area contributed by atoms with Crippen LogP contribution in [0.15, 0.2) is 47.6 Å². The predicted molar refractivity (Wildman–Crippen MR) is 104 cm³/mol. The quantitative estimate of drug-likeness (QED) is 0.422. The third-order valence-electron chi connectivity index (χ3n) is 3.40. The molecule has 0 heterocycles. The van der Waals surface area contributed by atoms with Gasteiger partial charge in [-0.25, -0.2) is 0 Å². The maximum atomic E-state index is 12.7. The maximum absolute atomic E-state index is 12.7. The predicted octanol–water partition coefficient (Wildman–Crippen LogP) is 5.84. The minimum Gasteiger partial charge on any atom is -0.357 e. The first-order chi connectivity index (χ1) is 13.0. The van der Waals surface area contributed by atoms with Crippen molar-refractivity contribution >= 4 is 44.6 Å². The van der Waals surface area contributed by atoms with Crippen molar-refractivity contribution in [3.8, 4) is 5.75 Å². The van der Waals surface area contributed by atoms with E-state index in [9.17, 15) is 21.6 Å². The van der Waals surface area contributed by atoms with Gasteiger partial charge in [-0.05, 0) is 48.9 Å². The molecule has 152 valence electrons. The van der Waals surface area contributed by atoms with Gasteiger partial charge in [0.2, 0.25) is 0 Å². The molecule has 0 atom stereocenters. The van der Waals surface area contributed by atoms with E-state index in [0.717, 1.165) is 6.07 Å². The lowest BCUT2D eigenvalue weighted by Gasteiger charge is -2.15. The molecule has 0 bridgehead atoms. The summed E-state index contributed by atoms with van der Waals surface area (Å²) >= 11 is 11.7. The lowest BCUT2D eigenvalue weighted by molar-refractivity contribution is -0.0429. The van der Waals surface area contributed by atoms with Crippen LogP contribution in [0.5, 0.6) is 5.75 Å². The number of alkyl halides is 3. The molecule has 1 N–H and O–H groups in total. The van der Waals surface area contributed by atoms with Gasteiger partial charge in [0, 0.05) is 15.6 Å². The Morgan fingerprint density at radius 1 is 1.11 bits per heavy atom. The molecule has 0 saturated heterocycles. The zero-order valence-electron chi connectivity index (χ0n) is 14.4. The van der Waals surface area contributed by atoms with Crippen molar-refractivity contribution in [3.05, 3.63) is 58.1 Å². The Morgan fingerprint density at radius 3 is 2.29 bits per heavy atom. The smallest absolute Gasteiger partial charge is 0.357 e. The van der Waals surface area contributed by atoms with Crippen LogP contribution in [0.4, 0.5) is 18.9 Å². The lowest BCUT2D eigenvalue weighted by atomic mass is 10.0. The first-order valence-electron chi connectivity index (χ1n) is 7.92. The highest BCUT2D eigenvalue weighted by Gasteiger charge is 2.46. The summed E-state index contributed by atoms with van der Waals surface area (Å²) in [4.78, 5) is 5.31. The number of nitrogens with one attached hydrogen (secondary N) is 1. The molecule has 0 aliphatic heterocycles. The van der Waals surface area contributed by atoms with E-state index in [2.05, 4.69) is 5.16 Å². The Bertz CT molecular complexity index is 963. The normalized spacial score (nSPS) is 12.7. The number of hydrogen-bond acceptors (Lipinski definition) is 4. The van der Waals surface area contributed by atoms with Crippen molar-refractivity contribution in [2.75, 3.05) is 4.72 Å². The second-order valence-electron chi connectivity index (χ2n) is 5.57. The molecule has 0 aliphatic rings. The maximum Gasteiger partial charge on any atom is 0.516 e. The molecule has 2 aromatic carbocycles. The van der Waals surface area contributed by atoms with Crippen molar-refractivity contribution in [2.24, 2.45) is 5.16 Å². The molecule has 0 spiro atoms. The number of rotatable bonds is 7. The number of benzene rings is 2. The van der Waals surface area contributed by atoms with Crippen LogP contribution < -0.4 is 9.56 Å². The summed E-state index contributed by atoms with van der Waals surface area (Å²) in [6, 6.07) is 9.98. The van der Waals surface area contributed by atoms with Crippen molar-refractivity contribution < 1.29 is 26.4 Å². The first-order valence-corrected chi connectivity index (χ1v) is 10.2. The fraction of sp³-hybridized carbons (Fsp3) is 0.235. The number of oxime groups is 1. The van der Waals surface area contributed by atoms with Crippen LogP contribution in [0.1, 0.15) is 25.3 Å². The summed E-state index contributed by atoms with van der Waals surface area (Å²) in [7, 11) is -5.61. The van der Waals surface area contributed by atoms with Gasteiger partial charge in [-0.15, -0.1) is 0 Å². The largest absolute Gasteiger partial charge is 0.516 e. The van der Waals surface area contributed by atoms with Crippen LogP contribution in [0.2, 0.25) is 10.0 Å². The zero-order valence-corrected chi connectivity index (χ0v) is 16.8. The summed E-state index contributed by atoms with van der Waals surface area (Å²) in [6.07, 6.45) is 0.870. The Balaban J connectivity index is 2.44. The molecule has 2 aromatic rings. The van der Waals surface area contributed by atoms with E-state index in [4.69, 9.17) is 28.0 Å². The fourth-order valence-electron chi connectivity index (χ4n) is 2.12. The van der Waals surface area contributed by atoms with Crippen molar-refractivity contribution in [1.29, 1.82) is 0 Å². The Hall–Kier alpha value is -1.97. The van der Waals surface area contributed by atoms with Crippen LogP contribution in [0, 0.1) is 0 Å². The molecule has 28 heavy (non-hydrogen) atoms. The monoisotopic (exact) mass is 454 g/mol. The summed E-state index contributed by atoms with van der Waals surface area (Å²) in [5, 5.41) is 4.66. The number of sulfonamides is 1. The van der Waals surface area contributed by atoms with E-state index in [1.807, 2.05) is 6.92 Å². The van der Waals surface area contributed by atoms with Gasteiger partial charge in [0.05, 0.1) is 11.4 Å². The molecule has 0 aromatic heterocycles. The Kier molecular flexibility index (Phi) is 7.19. The van der Waals surface area contributed by atoms with Crippen LogP contribution in [-0.4, -0.2) is 19.6 Å². The molecule has 0 saturated carbocycles. The lowest BCUT2D eigenvalue weighted by Crippen LogP contribution is -2.30.